The van der Waals surface area contributed by atoms with E-state index in [2.05, 4.69) is 34.7 Å². The van der Waals surface area contributed by atoms with Crippen molar-refractivity contribution >= 4 is 27.4 Å². The lowest BCUT2D eigenvalue weighted by Gasteiger charge is -2.36. The fourth-order valence-electron chi connectivity index (χ4n) is 2.32. The molecule has 0 N–H and O–H groups in total. The lowest BCUT2D eigenvalue weighted by molar-refractivity contribution is -0.00522. The van der Waals surface area contributed by atoms with Gasteiger partial charge in [-0.15, -0.1) is 0 Å². The number of rotatable bonds is 3. The first-order valence-corrected chi connectivity index (χ1v) is 7.32. The van der Waals surface area contributed by atoms with Gasteiger partial charge in [-0.2, -0.15) is 0 Å². The topological polar surface area (TPSA) is 29.5 Å². The number of morpholine rings is 1. The number of Topliss-reactive ketones (excluding diaryl/α,β-unsaturated/α-hetero) is 1. The molecule has 2 rings (SSSR count). The summed E-state index contributed by atoms with van der Waals surface area (Å²) in [6.07, 6.45) is 0.496. The molecule has 0 bridgehead atoms. The summed E-state index contributed by atoms with van der Waals surface area (Å²) in [5.74, 6) is 0.116. The minimum absolute atomic E-state index is 0.116. The molecule has 0 spiro atoms. The molecule has 0 saturated carbocycles. The third kappa shape index (κ3) is 3.12. The fraction of sp³-hybridized carbons (Fsp3) is 0.500. The summed E-state index contributed by atoms with van der Waals surface area (Å²) in [5, 5.41) is 0.373. The molecule has 0 radical (unpaired) electrons. The third-order valence-electron chi connectivity index (χ3n) is 3.10. The molecular formula is C14H18BrNO2. The van der Waals surface area contributed by atoms with Crippen molar-refractivity contribution < 1.29 is 9.53 Å². The van der Waals surface area contributed by atoms with Gasteiger partial charge < -0.3 is 9.64 Å². The first-order chi connectivity index (χ1) is 8.60. The van der Waals surface area contributed by atoms with Crippen LogP contribution in [0.2, 0.25) is 0 Å². The summed E-state index contributed by atoms with van der Waals surface area (Å²) in [4.78, 5) is 13.8. The fourth-order valence-corrected chi connectivity index (χ4v) is 2.65. The van der Waals surface area contributed by atoms with Crippen molar-refractivity contribution in [2.45, 2.75) is 26.1 Å². The smallest absolute Gasteiger partial charge is 0.173 e. The van der Waals surface area contributed by atoms with Crippen LogP contribution < -0.4 is 4.90 Å². The van der Waals surface area contributed by atoms with E-state index < -0.39 is 0 Å². The van der Waals surface area contributed by atoms with Gasteiger partial charge in [0.25, 0.3) is 0 Å². The average Bonchev–Trinajstić information content (AvgIpc) is 2.37. The Hall–Kier alpha value is -0.870. The maximum Gasteiger partial charge on any atom is 0.173 e. The Morgan fingerprint density at radius 2 is 1.83 bits per heavy atom. The van der Waals surface area contributed by atoms with Crippen molar-refractivity contribution in [2.75, 3.05) is 23.3 Å². The minimum Gasteiger partial charge on any atom is -0.372 e. The molecule has 4 heteroatoms. The van der Waals surface area contributed by atoms with Crippen molar-refractivity contribution in [3.05, 3.63) is 29.8 Å². The van der Waals surface area contributed by atoms with Crippen LogP contribution in [0, 0.1) is 0 Å². The van der Waals surface area contributed by atoms with Crippen LogP contribution >= 0.6 is 15.9 Å². The summed E-state index contributed by atoms with van der Waals surface area (Å²) >= 11 is 3.19. The number of hydrogen-bond donors (Lipinski definition) is 0. The van der Waals surface area contributed by atoms with Crippen LogP contribution in [-0.4, -0.2) is 36.4 Å². The van der Waals surface area contributed by atoms with Crippen LogP contribution in [0.25, 0.3) is 0 Å². The van der Waals surface area contributed by atoms with Crippen LogP contribution in [0.15, 0.2) is 24.3 Å². The van der Waals surface area contributed by atoms with Crippen LogP contribution in [0.3, 0.4) is 0 Å². The maximum absolute atomic E-state index is 11.5. The maximum atomic E-state index is 11.5. The molecule has 2 atom stereocenters. The van der Waals surface area contributed by atoms with Crippen LogP contribution in [-0.2, 0) is 4.74 Å². The third-order valence-corrected chi connectivity index (χ3v) is 3.60. The Kier molecular flexibility index (Phi) is 4.40. The number of carbonyl (C=O) groups is 1. The number of nitrogens with zero attached hydrogens (tertiary/aromatic N) is 1. The number of benzene rings is 1. The molecule has 3 nitrogen and oxygen atoms in total. The van der Waals surface area contributed by atoms with E-state index in [1.807, 2.05) is 24.3 Å². The van der Waals surface area contributed by atoms with Gasteiger partial charge in [0.15, 0.2) is 5.78 Å². The highest BCUT2D eigenvalue weighted by molar-refractivity contribution is 9.09. The second-order valence-corrected chi connectivity index (χ2v) is 5.33. The quantitative estimate of drug-likeness (QED) is 0.635. The molecule has 1 fully saturated rings. The molecule has 1 aliphatic heterocycles. The van der Waals surface area contributed by atoms with Gasteiger partial charge in [0.05, 0.1) is 17.5 Å². The minimum atomic E-state index is 0.116. The predicted molar refractivity (Wildman–Crippen MR) is 76.8 cm³/mol. The molecule has 1 saturated heterocycles. The second kappa shape index (κ2) is 5.85. The van der Waals surface area contributed by atoms with Crippen molar-refractivity contribution in [1.82, 2.24) is 0 Å². The normalized spacial score (nSPS) is 24.1. The van der Waals surface area contributed by atoms with E-state index >= 15 is 0 Å². The number of carbonyl (C=O) groups excluding carboxylic acids is 1. The molecule has 0 aliphatic carbocycles. The molecule has 1 aromatic carbocycles. The van der Waals surface area contributed by atoms with Crippen molar-refractivity contribution in [1.29, 1.82) is 0 Å². The first kappa shape index (κ1) is 13.6. The van der Waals surface area contributed by atoms with Gasteiger partial charge in [0.1, 0.15) is 0 Å². The molecular weight excluding hydrogens is 294 g/mol. The highest BCUT2D eigenvalue weighted by Gasteiger charge is 2.22. The van der Waals surface area contributed by atoms with E-state index in [4.69, 9.17) is 4.74 Å². The van der Waals surface area contributed by atoms with E-state index in [0.29, 0.717) is 5.33 Å². The zero-order valence-corrected chi connectivity index (χ0v) is 12.3. The second-order valence-electron chi connectivity index (χ2n) is 4.77. The molecule has 0 unspecified atom stereocenters. The number of ether oxygens (including phenoxy) is 1. The SMILES string of the molecule is C[C@@H]1CN(c2ccc(C(=O)CBr)cc2)C[C@H](C)O1. The molecule has 1 aliphatic rings. The number of anilines is 1. The van der Waals surface area contributed by atoms with E-state index in [0.717, 1.165) is 24.3 Å². The molecule has 1 heterocycles. The summed E-state index contributed by atoms with van der Waals surface area (Å²) in [6, 6.07) is 7.81. The molecule has 0 aromatic heterocycles. The van der Waals surface area contributed by atoms with Crippen LogP contribution in [0.5, 0.6) is 0 Å². The largest absolute Gasteiger partial charge is 0.372 e. The van der Waals surface area contributed by atoms with Gasteiger partial charge in [-0.3, -0.25) is 4.79 Å². The van der Waals surface area contributed by atoms with E-state index in [1.54, 1.807) is 0 Å². The predicted octanol–water partition coefficient (Wildman–Crippen LogP) is 2.88. The highest BCUT2D eigenvalue weighted by Crippen LogP contribution is 2.21. The Morgan fingerprint density at radius 1 is 1.28 bits per heavy atom. The standard InChI is InChI=1S/C14H18BrNO2/c1-10-8-16(9-11(2)18-10)13-5-3-12(4-6-13)14(17)7-15/h3-6,10-11H,7-9H2,1-2H3/t10-,11+. The van der Waals surface area contributed by atoms with E-state index in [1.165, 1.54) is 0 Å². The van der Waals surface area contributed by atoms with E-state index in [-0.39, 0.29) is 18.0 Å². The Bertz CT molecular complexity index is 408. The number of ketones is 1. The van der Waals surface area contributed by atoms with Crippen molar-refractivity contribution in [2.24, 2.45) is 0 Å². The van der Waals surface area contributed by atoms with Crippen LogP contribution in [0.1, 0.15) is 24.2 Å². The zero-order chi connectivity index (χ0) is 13.1. The Balaban J connectivity index is 2.11. The van der Waals surface area contributed by atoms with Gasteiger partial charge in [0, 0.05) is 24.3 Å². The molecule has 0 amide bonds. The Morgan fingerprint density at radius 3 is 2.33 bits per heavy atom. The van der Waals surface area contributed by atoms with Crippen LogP contribution in [0.4, 0.5) is 5.69 Å². The van der Waals surface area contributed by atoms with E-state index in [9.17, 15) is 4.79 Å². The molecule has 98 valence electrons. The summed E-state index contributed by atoms with van der Waals surface area (Å²) in [6.45, 7) is 5.98. The van der Waals surface area contributed by atoms with Gasteiger partial charge in [-0.25, -0.2) is 0 Å². The molecule has 18 heavy (non-hydrogen) atoms. The van der Waals surface area contributed by atoms with Crippen molar-refractivity contribution in [3.8, 4) is 0 Å². The highest BCUT2D eigenvalue weighted by atomic mass is 79.9. The zero-order valence-electron chi connectivity index (χ0n) is 10.7. The summed E-state index contributed by atoms with van der Waals surface area (Å²) in [5.41, 5.74) is 1.91. The first-order valence-electron chi connectivity index (χ1n) is 6.19. The van der Waals surface area contributed by atoms with Crippen molar-refractivity contribution in [3.63, 3.8) is 0 Å². The number of hydrogen-bond acceptors (Lipinski definition) is 3. The Labute approximate surface area is 116 Å². The summed E-state index contributed by atoms with van der Waals surface area (Å²) in [7, 11) is 0. The monoisotopic (exact) mass is 311 g/mol. The number of alkyl halides is 1. The summed E-state index contributed by atoms with van der Waals surface area (Å²) < 4.78 is 5.72. The van der Waals surface area contributed by atoms with Gasteiger partial charge >= 0.3 is 0 Å². The average molecular weight is 312 g/mol. The lowest BCUT2D eigenvalue weighted by Crippen LogP contribution is -2.45. The van der Waals surface area contributed by atoms with Gasteiger partial charge in [0.2, 0.25) is 0 Å². The van der Waals surface area contributed by atoms with Gasteiger partial charge in [-0.05, 0) is 38.1 Å². The van der Waals surface area contributed by atoms with Gasteiger partial charge in [-0.1, -0.05) is 15.9 Å². The lowest BCUT2D eigenvalue weighted by atomic mass is 10.1. The number of halogens is 1. The molecule has 1 aromatic rings.